The van der Waals surface area contributed by atoms with Crippen LogP contribution in [0.4, 0.5) is 5.69 Å². The van der Waals surface area contributed by atoms with Crippen molar-refractivity contribution in [3.8, 4) is 11.5 Å². The van der Waals surface area contributed by atoms with Crippen LogP contribution in [0.1, 0.15) is 39.5 Å². The normalized spacial score (nSPS) is 20.4. The number of hydrogen-bond acceptors (Lipinski definition) is 5. The van der Waals surface area contributed by atoms with Crippen LogP contribution in [0.5, 0.6) is 11.5 Å². The third-order valence-corrected chi connectivity index (χ3v) is 6.44. The first-order valence-electron chi connectivity index (χ1n) is 11.9. The summed E-state index contributed by atoms with van der Waals surface area (Å²) in [4.78, 5) is 9.90. The van der Waals surface area contributed by atoms with E-state index in [1.54, 1.807) is 14.2 Å². The van der Waals surface area contributed by atoms with Crippen LogP contribution >= 0.6 is 24.0 Å². The number of benzene rings is 1. The minimum absolute atomic E-state index is 0. The summed E-state index contributed by atoms with van der Waals surface area (Å²) in [6.07, 6.45) is 4.75. The van der Waals surface area contributed by atoms with Crippen LogP contribution in [0.3, 0.4) is 0 Å². The fourth-order valence-electron chi connectivity index (χ4n) is 4.58. The molecule has 7 nitrogen and oxygen atoms in total. The maximum Gasteiger partial charge on any atom is 0.191 e. The molecule has 0 aromatic heterocycles. The Labute approximate surface area is 211 Å². The van der Waals surface area contributed by atoms with Crippen molar-refractivity contribution in [3.63, 3.8) is 0 Å². The van der Waals surface area contributed by atoms with Crippen molar-refractivity contribution < 1.29 is 9.47 Å². The average molecular weight is 560 g/mol. The predicted molar refractivity (Wildman–Crippen MR) is 144 cm³/mol. The van der Waals surface area contributed by atoms with Gasteiger partial charge in [0.1, 0.15) is 11.5 Å². The minimum Gasteiger partial charge on any atom is -0.497 e. The fraction of sp³-hybridized carbons (Fsp3) is 0.708. The van der Waals surface area contributed by atoms with E-state index in [4.69, 9.17) is 14.5 Å². The second-order valence-corrected chi connectivity index (χ2v) is 8.60. The van der Waals surface area contributed by atoms with Gasteiger partial charge in [-0.25, -0.2) is 0 Å². The molecular weight excluding hydrogens is 517 g/mol. The summed E-state index contributed by atoms with van der Waals surface area (Å²) < 4.78 is 10.9. The van der Waals surface area contributed by atoms with E-state index < -0.39 is 0 Å². The summed E-state index contributed by atoms with van der Waals surface area (Å²) in [6, 6.07) is 6.54. The maximum atomic E-state index is 5.43. The van der Waals surface area contributed by atoms with E-state index in [-0.39, 0.29) is 24.0 Å². The average Bonchev–Trinajstić information content (AvgIpc) is 2.82. The Morgan fingerprint density at radius 1 is 1.03 bits per heavy atom. The van der Waals surface area contributed by atoms with E-state index in [9.17, 15) is 0 Å². The van der Waals surface area contributed by atoms with Gasteiger partial charge in [0, 0.05) is 62.7 Å². The summed E-state index contributed by atoms with van der Waals surface area (Å²) in [7, 11) is 3.40. The van der Waals surface area contributed by atoms with Crippen molar-refractivity contribution in [2.45, 2.75) is 45.6 Å². The summed E-state index contributed by atoms with van der Waals surface area (Å²) in [5, 5.41) is 7.13. The molecule has 32 heavy (non-hydrogen) atoms. The Balaban J connectivity index is 0.00000363. The number of anilines is 1. The van der Waals surface area contributed by atoms with Crippen molar-refractivity contribution in [2.24, 2.45) is 10.9 Å². The molecule has 0 bridgehead atoms. The lowest BCUT2D eigenvalue weighted by atomic mass is 9.98. The first-order chi connectivity index (χ1) is 15.1. The number of likely N-dealkylation sites (tertiary alicyclic amines) is 1. The molecule has 2 fully saturated rings. The van der Waals surface area contributed by atoms with Gasteiger partial charge in [-0.1, -0.05) is 6.92 Å². The van der Waals surface area contributed by atoms with Crippen molar-refractivity contribution in [2.75, 3.05) is 64.9 Å². The molecule has 0 aliphatic carbocycles. The molecule has 2 heterocycles. The van der Waals surface area contributed by atoms with Crippen LogP contribution in [0.15, 0.2) is 23.2 Å². The molecule has 2 aliphatic heterocycles. The van der Waals surface area contributed by atoms with Gasteiger partial charge >= 0.3 is 0 Å². The number of nitrogens with one attached hydrogen (secondary N) is 2. The summed E-state index contributed by atoms with van der Waals surface area (Å²) >= 11 is 0. The fourth-order valence-corrected chi connectivity index (χ4v) is 4.58. The van der Waals surface area contributed by atoms with E-state index in [1.807, 2.05) is 6.07 Å². The number of halogens is 1. The van der Waals surface area contributed by atoms with Crippen LogP contribution in [0, 0.1) is 5.92 Å². The van der Waals surface area contributed by atoms with E-state index in [2.05, 4.69) is 46.4 Å². The first kappa shape index (κ1) is 26.8. The zero-order valence-electron chi connectivity index (χ0n) is 20.2. The van der Waals surface area contributed by atoms with Gasteiger partial charge in [-0.3, -0.25) is 4.99 Å². The number of aliphatic imine (C=N–C) groups is 1. The molecule has 2 N–H and O–H groups in total. The molecule has 3 rings (SSSR count). The molecule has 0 amide bonds. The number of ether oxygens (including phenoxy) is 2. The SMILES string of the molecule is CCNC(=NCC1CCCN(CC)C1)NC1CCN(c2cc(OC)cc(OC)c2)CC1.I. The molecule has 182 valence electrons. The van der Waals surface area contributed by atoms with Crippen LogP contribution in [-0.4, -0.2) is 76.9 Å². The van der Waals surface area contributed by atoms with Gasteiger partial charge < -0.3 is 29.9 Å². The molecule has 1 atom stereocenters. The van der Waals surface area contributed by atoms with Gasteiger partial charge in [0.15, 0.2) is 5.96 Å². The third-order valence-electron chi connectivity index (χ3n) is 6.44. The molecule has 1 aromatic rings. The largest absolute Gasteiger partial charge is 0.497 e. The smallest absolute Gasteiger partial charge is 0.191 e. The van der Waals surface area contributed by atoms with Gasteiger partial charge in [-0.15, -0.1) is 24.0 Å². The van der Waals surface area contributed by atoms with Gasteiger partial charge in [0.25, 0.3) is 0 Å². The second kappa shape index (κ2) is 14.0. The predicted octanol–water partition coefficient (Wildman–Crippen LogP) is 3.58. The molecule has 0 saturated carbocycles. The monoisotopic (exact) mass is 559 g/mol. The zero-order chi connectivity index (χ0) is 22.1. The highest BCUT2D eigenvalue weighted by atomic mass is 127. The van der Waals surface area contributed by atoms with E-state index in [0.717, 1.165) is 68.7 Å². The Morgan fingerprint density at radius 3 is 2.31 bits per heavy atom. The van der Waals surface area contributed by atoms with Crippen molar-refractivity contribution in [1.82, 2.24) is 15.5 Å². The first-order valence-corrected chi connectivity index (χ1v) is 11.9. The van der Waals surface area contributed by atoms with E-state index in [1.165, 1.54) is 25.9 Å². The summed E-state index contributed by atoms with van der Waals surface area (Å²) in [5.74, 6) is 3.31. The molecule has 8 heteroatoms. The Morgan fingerprint density at radius 2 is 1.72 bits per heavy atom. The Bertz CT molecular complexity index is 687. The number of piperidine rings is 2. The van der Waals surface area contributed by atoms with Gasteiger partial charge in [0.2, 0.25) is 0 Å². The molecule has 0 radical (unpaired) electrons. The topological polar surface area (TPSA) is 61.4 Å². The number of rotatable bonds is 8. The molecule has 1 unspecified atom stereocenters. The maximum absolute atomic E-state index is 5.43. The number of hydrogen-bond donors (Lipinski definition) is 2. The highest BCUT2D eigenvalue weighted by Gasteiger charge is 2.22. The van der Waals surface area contributed by atoms with Crippen molar-refractivity contribution in [1.29, 1.82) is 0 Å². The molecular formula is C24H42IN5O2. The summed E-state index contributed by atoms with van der Waals surface area (Å²) in [6.45, 7) is 11.8. The van der Waals surface area contributed by atoms with Gasteiger partial charge in [-0.2, -0.15) is 0 Å². The summed E-state index contributed by atoms with van der Waals surface area (Å²) in [5.41, 5.74) is 1.16. The second-order valence-electron chi connectivity index (χ2n) is 8.60. The lowest BCUT2D eigenvalue weighted by molar-refractivity contribution is 0.186. The van der Waals surface area contributed by atoms with Crippen LogP contribution < -0.4 is 25.0 Å². The standard InChI is InChI=1S/C24H41N5O2.HI/c1-5-25-24(26-17-19-8-7-11-28(6-2)18-19)27-20-9-12-29(13-10-20)21-14-22(30-3)16-23(15-21)31-4;/h14-16,19-20H,5-13,17-18H2,1-4H3,(H2,25,26,27);1H. The lowest BCUT2D eigenvalue weighted by Crippen LogP contribution is -2.49. The quantitative estimate of drug-likeness (QED) is 0.289. The van der Waals surface area contributed by atoms with Crippen molar-refractivity contribution >= 4 is 35.6 Å². The van der Waals surface area contributed by atoms with Crippen LogP contribution in [0.2, 0.25) is 0 Å². The van der Waals surface area contributed by atoms with Crippen LogP contribution in [0.25, 0.3) is 0 Å². The number of nitrogens with zero attached hydrogens (tertiary/aromatic N) is 3. The van der Waals surface area contributed by atoms with E-state index >= 15 is 0 Å². The molecule has 0 spiro atoms. The van der Waals surface area contributed by atoms with Crippen LogP contribution in [-0.2, 0) is 0 Å². The highest BCUT2D eigenvalue weighted by Crippen LogP contribution is 2.30. The number of guanidine groups is 1. The Hall–Kier alpha value is -1.42. The number of methoxy groups -OCH3 is 2. The third kappa shape index (κ3) is 7.86. The zero-order valence-corrected chi connectivity index (χ0v) is 22.6. The minimum atomic E-state index is 0. The lowest BCUT2D eigenvalue weighted by Gasteiger charge is -2.35. The highest BCUT2D eigenvalue weighted by molar-refractivity contribution is 14.0. The Kier molecular flexibility index (Phi) is 11.7. The molecule has 2 aliphatic rings. The molecule has 1 aromatic carbocycles. The van der Waals surface area contributed by atoms with E-state index in [0.29, 0.717) is 12.0 Å². The molecule has 2 saturated heterocycles. The van der Waals surface area contributed by atoms with Crippen molar-refractivity contribution in [3.05, 3.63) is 18.2 Å². The van der Waals surface area contributed by atoms with Gasteiger partial charge in [0.05, 0.1) is 14.2 Å². The van der Waals surface area contributed by atoms with Gasteiger partial charge in [-0.05, 0) is 51.6 Å².